The standard InChI is InChI=1S/C12H20O/c1-11(2)7-4-8-12(3)9(11)5-6-10(12)13/h9H,4-8H2,1-3H3/t9-,12+/m0/s1. The molecule has 0 aromatic rings. The largest absolute Gasteiger partial charge is 0.299 e. The summed E-state index contributed by atoms with van der Waals surface area (Å²) in [7, 11) is 0. The van der Waals surface area contributed by atoms with Gasteiger partial charge in [-0.2, -0.15) is 0 Å². The van der Waals surface area contributed by atoms with Crippen molar-refractivity contribution in [1.82, 2.24) is 0 Å². The van der Waals surface area contributed by atoms with Crippen LogP contribution in [0.1, 0.15) is 52.9 Å². The van der Waals surface area contributed by atoms with Crippen molar-refractivity contribution in [3.63, 3.8) is 0 Å². The number of carbonyl (C=O) groups is 1. The van der Waals surface area contributed by atoms with Gasteiger partial charge in [-0.05, 0) is 30.6 Å². The summed E-state index contributed by atoms with van der Waals surface area (Å²) in [5.41, 5.74) is 0.445. The fourth-order valence-electron chi connectivity index (χ4n) is 3.73. The molecule has 0 radical (unpaired) electrons. The van der Waals surface area contributed by atoms with Gasteiger partial charge in [0.25, 0.3) is 0 Å². The highest BCUT2D eigenvalue weighted by Gasteiger charge is 2.53. The molecule has 1 nitrogen and oxygen atoms in total. The van der Waals surface area contributed by atoms with Gasteiger partial charge in [0.1, 0.15) is 5.78 Å². The number of hydrogen-bond donors (Lipinski definition) is 0. The van der Waals surface area contributed by atoms with E-state index >= 15 is 0 Å². The van der Waals surface area contributed by atoms with Crippen LogP contribution in [0.5, 0.6) is 0 Å². The molecule has 2 aliphatic carbocycles. The number of fused-ring (bicyclic) bond motifs is 1. The number of hydrogen-bond acceptors (Lipinski definition) is 1. The average Bonchev–Trinajstić information content (AvgIpc) is 2.29. The van der Waals surface area contributed by atoms with Crippen LogP contribution in [0.15, 0.2) is 0 Å². The van der Waals surface area contributed by atoms with Crippen molar-refractivity contribution in [2.24, 2.45) is 16.7 Å². The minimum atomic E-state index is 0.0434. The van der Waals surface area contributed by atoms with Crippen molar-refractivity contribution in [3.8, 4) is 0 Å². The Morgan fingerprint density at radius 2 is 1.92 bits per heavy atom. The van der Waals surface area contributed by atoms with Gasteiger partial charge in [-0.1, -0.05) is 27.2 Å². The molecule has 0 heterocycles. The van der Waals surface area contributed by atoms with Crippen LogP contribution >= 0.6 is 0 Å². The Balaban J connectivity index is 2.34. The van der Waals surface area contributed by atoms with Crippen molar-refractivity contribution < 1.29 is 4.79 Å². The fraction of sp³-hybridized carbons (Fsp3) is 0.917. The molecule has 0 saturated heterocycles. The minimum absolute atomic E-state index is 0.0434. The lowest BCUT2D eigenvalue weighted by Gasteiger charge is -2.46. The minimum Gasteiger partial charge on any atom is -0.299 e. The predicted octanol–water partition coefficient (Wildman–Crippen LogP) is 3.18. The molecule has 2 saturated carbocycles. The Morgan fingerprint density at radius 1 is 1.23 bits per heavy atom. The van der Waals surface area contributed by atoms with Gasteiger partial charge in [-0.25, -0.2) is 0 Å². The second-order valence-corrected chi connectivity index (χ2v) is 5.77. The maximum absolute atomic E-state index is 11.8. The van der Waals surface area contributed by atoms with E-state index in [0.29, 0.717) is 17.1 Å². The average molecular weight is 180 g/mol. The van der Waals surface area contributed by atoms with E-state index in [0.717, 1.165) is 19.3 Å². The highest BCUT2D eigenvalue weighted by Crippen LogP contribution is 2.57. The zero-order valence-electron chi connectivity index (χ0n) is 9.02. The summed E-state index contributed by atoms with van der Waals surface area (Å²) in [6, 6.07) is 0. The molecule has 2 aliphatic rings. The van der Waals surface area contributed by atoms with Crippen LogP contribution in [-0.4, -0.2) is 5.78 Å². The van der Waals surface area contributed by atoms with Crippen LogP contribution in [0.25, 0.3) is 0 Å². The molecular formula is C12H20O. The third kappa shape index (κ3) is 1.16. The van der Waals surface area contributed by atoms with Crippen LogP contribution in [0.2, 0.25) is 0 Å². The summed E-state index contributed by atoms with van der Waals surface area (Å²) >= 11 is 0. The molecule has 2 atom stereocenters. The second kappa shape index (κ2) is 2.59. The SMILES string of the molecule is CC1(C)CCC[C@@]2(C)C(=O)CC[C@@H]12. The van der Waals surface area contributed by atoms with Crippen LogP contribution in [0.4, 0.5) is 0 Å². The van der Waals surface area contributed by atoms with Gasteiger partial charge < -0.3 is 0 Å². The third-order valence-corrected chi connectivity index (χ3v) is 4.53. The van der Waals surface area contributed by atoms with E-state index < -0.39 is 0 Å². The van der Waals surface area contributed by atoms with Crippen LogP contribution < -0.4 is 0 Å². The van der Waals surface area contributed by atoms with Crippen molar-refractivity contribution in [3.05, 3.63) is 0 Å². The zero-order chi connectivity index (χ0) is 9.69. The Hall–Kier alpha value is -0.330. The smallest absolute Gasteiger partial charge is 0.139 e. The molecule has 2 fully saturated rings. The molecule has 0 unspecified atom stereocenters. The normalized spacial score (nSPS) is 43.3. The lowest BCUT2D eigenvalue weighted by molar-refractivity contribution is -0.130. The maximum Gasteiger partial charge on any atom is 0.139 e. The van der Waals surface area contributed by atoms with Crippen molar-refractivity contribution in [1.29, 1.82) is 0 Å². The van der Waals surface area contributed by atoms with Gasteiger partial charge >= 0.3 is 0 Å². The van der Waals surface area contributed by atoms with E-state index in [1.165, 1.54) is 12.8 Å². The Labute approximate surface area is 80.9 Å². The summed E-state index contributed by atoms with van der Waals surface area (Å²) in [6.07, 6.45) is 5.67. The van der Waals surface area contributed by atoms with Crippen molar-refractivity contribution in [2.75, 3.05) is 0 Å². The number of ketones is 1. The Kier molecular flexibility index (Phi) is 1.84. The Morgan fingerprint density at radius 3 is 2.54 bits per heavy atom. The van der Waals surface area contributed by atoms with E-state index in [1.807, 2.05) is 0 Å². The monoisotopic (exact) mass is 180 g/mol. The molecule has 2 rings (SSSR count). The molecule has 74 valence electrons. The van der Waals surface area contributed by atoms with Crippen molar-refractivity contribution in [2.45, 2.75) is 52.9 Å². The fourth-order valence-corrected chi connectivity index (χ4v) is 3.73. The molecule has 0 amide bonds. The lowest BCUT2D eigenvalue weighted by atomic mass is 9.58. The van der Waals surface area contributed by atoms with E-state index in [4.69, 9.17) is 0 Å². The van der Waals surface area contributed by atoms with Gasteiger partial charge in [-0.3, -0.25) is 4.79 Å². The number of carbonyl (C=O) groups excluding carboxylic acids is 1. The van der Waals surface area contributed by atoms with Gasteiger partial charge in [0.05, 0.1) is 0 Å². The maximum atomic E-state index is 11.8. The first kappa shape index (κ1) is 9.23. The first-order valence-electron chi connectivity index (χ1n) is 5.50. The van der Waals surface area contributed by atoms with Gasteiger partial charge in [0, 0.05) is 11.8 Å². The van der Waals surface area contributed by atoms with Crippen LogP contribution in [0, 0.1) is 16.7 Å². The summed E-state index contributed by atoms with van der Waals surface area (Å²) in [5, 5.41) is 0. The molecule has 0 N–H and O–H groups in total. The van der Waals surface area contributed by atoms with Crippen LogP contribution in [0.3, 0.4) is 0 Å². The van der Waals surface area contributed by atoms with Crippen LogP contribution in [-0.2, 0) is 4.79 Å². The topological polar surface area (TPSA) is 17.1 Å². The number of rotatable bonds is 0. The predicted molar refractivity (Wildman–Crippen MR) is 53.5 cm³/mol. The molecule has 0 bridgehead atoms. The third-order valence-electron chi connectivity index (χ3n) is 4.53. The molecule has 1 heteroatoms. The summed E-state index contributed by atoms with van der Waals surface area (Å²) < 4.78 is 0. The first-order chi connectivity index (χ1) is 5.97. The van der Waals surface area contributed by atoms with E-state index in [9.17, 15) is 4.79 Å². The van der Waals surface area contributed by atoms with Gasteiger partial charge in [0.15, 0.2) is 0 Å². The molecule has 13 heavy (non-hydrogen) atoms. The molecular weight excluding hydrogens is 160 g/mol. The summed E-state index contributed by atoms with van der Waals surface area (Å²) in [6.45, 7) is 6.88. The second-order valence-electron chi connectivity index (χ2n) is 5.77. The van der Waals surface area contributed by atoms with E-state index in [-0.39, 0.29) is 5.41 Å². The molecule has 0 aromatic heterocycles. The first-order valence-corrected chi connectivity index (χ1v) is 5.50. The summed E-state index contributed by atoms with van der Waals surface area (Å²) in [5.74, 6) is 1.19. The molecule has 0 aliphatic heterocycles. The highest BCUT2D eigenvalue weighted by molar-refractivity contribution is 5.87. The quantitative estimate of drug-likeness (QED) is 0.559. The van der Waals surface area contributed by atoms with Crippen molar-refractivity contribution >= 4 is 5.78 Å². The molecule has 0 aromatic carbocycles. The van der Waals surface area contributed by atoms with E-state index in [2.05, 4.69) is 20.8 Å². The summed E-state index contributed by atoms with van der Waals surface area (Å²) in [4.78, 5) is 11.8. The Bertz CT molecular complexity index is 242. The van der Waals surface area contributed by atoms with Gasteiger partial charge in [0.2, 0.25) is 0 Å². The highest BCUT2D eigenvalue weighted by atomic mass is 16.1. The number of Topliss-reactive ketones (excluding diaryl/α,β-unsaturated/α-hetero) is 1. The van der Waals surface area contributed by atoms with E-state index in [1.54, 1.807) is 0 Å². The van der Waals surface area contributed by atoms with Gasteiger partial charge in [-0.15, -0.1) is 0 Å². The molecule has 0 spiro atoms. The lowest BCUT2D eigenvalue weighted by Crippen LogP contribution is -2.41. The zero-order valence-corrected chi connectivity index (χ0v) is 9.02.